The van der Waals surface area contributed by atoms with Crippen molar-refractivity contribution in [3.05, 3.63) is 58.6 Å². The van der Waals surface area contributed by atoms with Crippen molar-refractivity contribution in [2.75, 3.05) is 17.7 Å². The summed E-state index contributed by atoms with van der Waals surface area (Å²) in [4.78, 5) is 36.3. The highest BCUT2D eigenvalue weighted by Crippen LogP contribution is 2.32. The van der Waals surface area contributed by atoms with E-state index in [2.05, 4.69) is 10.6 Å². The summed E-state index contributed by atoms with van der Waals surface area (Å²) in [5.41, 5.74) is 1.62. The van der Waals surface area contributed by atoms with Crippen molar-refractivity contribution < 1.29 is 19.1 Å². The fraction of sp³-hybridized carbons (Fsp3) is 0.167. The first-order valence-corrected chi connectivity index (χ1v) is 9.13. The molecule has 0 atom stereocenters. The van der Waals surface area contributed by atoms with E-state index in [-0.39, 0.29) is 18.0 Å². The smallest absolute Gasteiger partial charge is 0.338 e. The fourth-order valence-electron chi connectivity index (χ4n) is 2.31. The topological polar surface area (TPSA) is 84.5 Å². The number of carbonyl (C=O) groups excluding carboxylic acids is 3. The van der Waals surface area contributed by atoms with Crippen molar-refractivity contribution in [3.8, 4) is 0 Å². The molecule has 0 aromatic heterocycles. The minimum Gasteiger partial charge on any atom is -0.452 e. The van der Waals surface area contributed by atoms with Gasteiger partial charge in [0.2, 0.25) is 5.91 Å². The molecule has 2 amide bonds. The van der Waals surface area contributed by atoms with Gasteiger partial charge in [-0.05, 0) is 29.8 Å². The fourth-order valence-corrected chi connectivity index (χ4v) is 3.30. The molecule has 1 aliphatic heterocycles. The van der Waals surface area contributed by atoms with Crippen LogP contribution in [0, 0.1) is 0 Å². The second-order valence-electron chi connectivity index (χ2n) is 5.49. The molecule has 1 heterocycles. The number of hydrogen-bond acceptors (Lipinski definition) is 5. The van der Waals surface area contributed by atoms with Crippen LogP contribution >= 0.6 is 23.4 Å². The third-order valence-electron chi connectivity index (χ3n) is 3.62. The van der Waals surface area contributed by atoms with Gasteiger partial charge in [0.25, 0.3) is 5.91 Å². The number of anilines is 1. The molecule has 3 rings (SSSR count). The van der Waals surface area contributed by atoms with E-state index in [1.165, 1.54) is 11.8 Å². The molecular formula is C18H15ClN2O4S. The van der Waals surface area contributed by atoms with Crippen LogP contribution in [0.15, 0.2) is 47.4 Å². The van der Waals surface area contributed by atoms with Crippen molar-refractivity contribution in [1.82, 2.24) is 5.32 Å². The molecule has 134 valence electrons. The minimum atomic E-state index is -0.634. The number of thioether (sulfide) groups is 1. The second kappa shape index (κ2) is 8.25. The van der Waals surface area contributed by atoms with Gasteiger partial charge < -0.3 is 15.4 Å². The van der Waals surface area contributed by atoms with E-state index in [1.807, 2.05) is 6.07 Å². The van der Waals surface area contributed by atoms with Gasteiger partial charge in [0, 0.05) is 16.5 Å². The van der Waals surface area contributed by atoms with Crippen molar-refractivity contribution in [1.29, 1.82) is 0 Å². The van der Waals surface area contributed by atoms with Crippen LogP contribution in [0.4, 0.5) is 5.69 Å². The van der Waals surface area contributed by atoms with Gasteiger partial charge in [0.1, 0.15) is 0 Å². The van der Waals surface area contributed by atoms with Gasteiger partial charge in [-0.25, -0.2) is 4.79 Å². The SMILES string of the molecule is O=C(COC(=O)c1ccc2c(c1)NC(=O)CS2)NCc1ccccc1Cl. The third kappa shape index (κ3) is 4.56. The van der Waals surface area contributed by atoms with Gasteiger partial charge >= 0.3 is 5.97 Å². The Labute approximate surface area is 159 Å². The predicted molar refractivity (Wildman–Crippen MR) is 99.4 cm³/mol. The molecule has 2 aromatic rings. The van der Waals surface area contributed by atoms with Crippen LogP contribution in [0.3, 0.4) is 0 Å². The van der Waals surface area contributed by atoms with Gasteiger partial charge in [0.15, 0.2) is 6.61 Å². The summed E-state index contributed by atoms with van der Waals surface area (Å²) >= 11 is 7.42. The Bertz CT molecular complexity index is 872. The Kier molecular flexibility index (Phi) is 5.80. The summed E-state index contributed by atoms with van der Waals surface area (Å²) in [5.74, 6) is -0.833. The van der Waals surface area contributed by atoms with Gasteiger partial charge in [-0.3, -0.25) is 9.59 Å². The van der Waals surface area contributed by atoms with Crippen molar-refractivity contribution in [2.24, 2.45) is 0 Å². The molecule has 0 saturated heterocycles. The highest BCUT2D eigenvalue weighted by molar-refractivity contribution is 8.00. The molecule has 0 aliphatic carbocycles. The maximum absolute atomic E-state index is 12.1. The van der Waals surface area contributed by atoms with E-state index in [0.29, 0.717) is 16.5 Å². The number of amides is 2. The van der Waals surface area contributed by atoms with E-state index in [9.17, 15) is 14.4 Å². The third-order valence-corrected chi connectivity index (χ3v) is 5.06. The Morgan fingerprint density at radius 2 is 2.04 bits per heavy atom. The number of carbonyl (C=O) groups is 3. The van der Waals surface area contributed by atoms with E-state index < -0.39 is 18.5 Å². The Balaban J connectivity index is 1.52. The summed E-state index contributed by atoms with van der Waals surface area (Å²) in [6.07, 6.45) is 0. The quantitative estimate of drug-likeness (QED) is 0.767. The first-order chi connectivity index (χ1) is 12.5. The van der Waals surface area contributed by atoms with Crippen LogP contribution in [0.25, 0.3) is 0 Å². The molecule has 0 spiro atoms. The number of rotatable bonds is 5. The highest BCUT2D eigenvalue weighted by Gasteiger charge is 2.18. The van der Waals surface area contributed by atoms with Crippen LogP contribution in [0.2, 0.25) is 5.02 Å². The summed E-state index contributed by atoms with van der Waals surface area (Å²) < 4.78 is 5.02. The average molecular weight is 391 g/mol. The Hall–Kier alpha value is -2.51. The zero-order chi connectivity index (χ0) is 18.5. The van der Waals surface area contributed by atoms with Gasteiger partial charge in [-0.15, -0.1) is 11.8 Å². The lowest BCUT2D eigenvalue weighted by atomic mass is 10.2. The van der Waals surface area contributed by atoms with Crippen molar-refractivity contribution in [2.45, 2.75) is 11.4 Å². The van der Waals surface area contributed by atoms with E-state index >= 15 is 0 Å². The zero-order valence-electron chi connectivity index (χ0n) is 13.6. The zero-order valence-corrected chi connectivity index (χ0v) is 15.2. The molecule has 2 N–H and O–H groups in total. The predicted octanol–water partition coefficient (Wildman–Crippen LogP) is 2.86. The average Bonchev–Trinajstić information content (AvgIpc) is 2.64. The monoisotopic (exact) mass is 390 g/mol. The summed E-state index contributed by atoms with van der Waals surface area (Å²) in [6.45, 7) is -0.153. The molecule has 8 heteroatoms. The standard InChI is InChI=1S/C18H15ClN2O4S/c19-13-4-2-1-3-12(13)8-20-16(22)9-25-18(24)11-5-6-15-14(7-11)21-17(23)10-26-15/h1-7H,8-10H2,(H,20,22)(H,21,23). The molecule has 2 aromatic carbocycles. The minimum absolute atomic E-state index is 0.119. The number of nitrogens with one attached hydrogen (secondary N) is 2. The number of halogens is 1. The number of fused-ring (bicyclic) bond motifs is 1. The molecule has 26 heavy (non-hydrogen) atoms. The molecule has 0 bridgehead atoms. The van der Waals surface area contributed by atoms with E-state index in [1.54, 1.807) is 36.4 Å². The lowest BCUT2D eigenvalue weighted by Crippen LogP contribution is -2.28. The van der Waals surface area contributed by atoms with Crippen LogP contribution in [-0.4, -0.2) is 30.1 Å². The van der Waals surface area contributed by atoms with Crippen molar-refractivity contribution in [3.63, 3.8) is 0 Å². The lowest BCUT2D eigenvalue weighted by molar-refractivity contribution is -0.124. The molecule has 6 nitrogen and oxygen atoms in total. The van der Waals surface area contributed by atoms with Gasteiger partial charge in [0.05, 0.1) is 17.0 Å². The second-order valence-corrected chi connectivity index (χ2v) is 6.92. The van der Waals surface area contributed by atoms with Crippen LogP contribution < -0.4 is 10.6 Å². The summed E-state index contributed by atoms with van der Waals surface area (Å²) in [6, 6.07) is 12.0. The van der Waals surface area contributed by atoms with Crippen LogP contribution in [0.1, 0.15) is 15.9 Å². The summed E-state index contributed by atoms with van der Waals surface area (Å²) in [7, 11) is 0. The molecule has 0 saturated carbocycles. The number of hydrogen-bond donors (Lipinski definition) is 2. The first kappa shape index (κ1) is 18.3. The number of esters is 1. The molecule has 0 radical (unpaired) electrons. The number of benzene rings is 2. The van der Waals surface area contributed by atoms with Gasteiger partial charge in [-0.2, -0.15) is 0 Å². The highest BCUT2D eigenvalue weighted by atomic mass is 35.5. The van der Waals surface area contributed by atoms with E-state index in [4.69, 9.17) is 16.3 Å². The first-order valence-electron chi connectivity index (χ1n) is 7.77. The largest absolute Gasteiger partial charge is 0.452 e. The van der Waals surface area contributed by atoms with Crippen molar-refractivity contribution >= 4 is 46.8 Å². The van der Waals surface area contributed by atoms with Crippen LogP contribution in [0.5, 0.6) is 0 Å². The lowest BCUT2D eigenvalue weighted by Gasteiger charge is -2.16. The van der Waals surface area contributed by atoms with Crippen LogP contribution in [-0.2, 0) is 20.9 Å². The maximum Gasteiger partial charge on any atom is 0.338 e. The number of ether oxygens (including phenoxy) is 1. The molecular weight excluding hydrogens is 376 g/mol. The summed E-state index contributed by atoms with van der Waals surface area (Å²) in [5, 5.41) is 5.90. The Morgan fingerprint density at radius 1 is 1.23 bits per heavy atom. The maximum atomic E-state index is 12.1. The molecule has 1 aliphatic rings. The Morgan fingerprint density at radius 3 is 2.85 bits per heavy atom. The van der Waals surface area contributed by atoms with Gasteiger partial charge in [-0.1, -0.05) is 29.8 Å². The molecule has 0 unspecified atom stereocenters. The normalized spacial score (nSPS) is 12.7. The van der Waals surface area contributed by atoms with E-state index in [0.717, 1.165) is 10.5 Å². The molecule has 0 fully saturated rings.